The minimum Gasteiger partial charge on any atom is -0.481 e. The Hall–Kier alpha value is -0.610. The van der Waals surface area contributed by atoms with Gasteiger partial charge >= 0.3 is 5.97 Å². The molecule has 0 saturated heterocycles. The molecule has 1 rings (SSSR count). The first-order valence-electron chi connectivity index (χ1n) is 4.87. The second-order valence-corrected chi connectivity index (χ2v) is 3.73. The second-order valence-electron chi connectivity index (χ2n) is 3.73. The van der Waals surface area contributed by atoms with E-state index in [2.05, 4.69) is 5.32 Å². The van der Waals surface area contributed by atoms with Crippen LogP contribution in [0.1, 0.15) is 25.7 Å². The van der Waals surface area contributed by atoms with E-state index < -0.39 is 5.97 Å². The van der Waals surface area contributed by atoms with Crippen LogP contribution in [0.4, 0.5) is 0 Å². The number of carbonyl (C=O) groups is 1. The molecule has 4 N–H and O–H groups in total. The summed E-state index contributed by atoms with van der Waals surface area (Å²) in [5.41, 5.74) is 5.31. The zero-order valence-electron chi connectivity index (χ0n) is 7.83. The van der Waals surface area contributed by atoms with Crippen molar-refractivity contribution in [3.05, 3.63) is 0 Å². The molecular formula is C9H18N2O2. The third-order valence-corrected chi connectivity index (χ3v) is 2.71. The summed E-state index contributed by atoms with van der Waals surface area (Å²) in [6, 6.07) is 0. The lowest BCUT2D eigenvalue weighted by atomic mass is 9.81. The predicted molar refractivity (Wildman–Crippen MR) is 50.1 cm³/mol. The fraction of sp³-hybridized carbons (Fsp3) is 0.889. The molecule has 76 valence electrons. The number of nitrogens with two attached hydrogens (primary N) is 1. The number of aliphatic carboxylic acids is 1. The van der Waals surface area contributed by atoms with Gasteiger partial charge in [-0.3, -0.25) is 4.79 Å². The van der Waals surface area contributed by atoms with E-state index in [0.717, 1.165) is 32.2 Å². The van der Waals surface area contributed by atoms with Crippen molar-refractivity contribution >= 4 is 5.97 Å². The van der Waals surface area contributed by atoms with Crippen molar-refractivity contribution in [1.29, 1.82) is 0 Å². The summed E-state index contributed by atoms with van der Waals surface area (Å²) in [7, 11) is 0. The largest absolute Gasteiger partial charge is 0.481 e. The van der Waals surface area contributed by atoms with Crippen LogP contribution in [0.3, 0.4) is 0 Å². The SMILES string of the molecule is NCNCC1CCCC(C(=O)O)C1. The molecule has 13 heavy (non-hydrogen) atoms. The normalized spacial score (nSPS) is 28.7. The van der Waals surface area contributed by atoms with Crippen molar-refractivity contribution in [3.8, 4) is 0 Å². The molecule has 0 heterocycles. The second kappa shape index (κ2) is 5.19. The van der Waals surface area contributed by atoms with Crippen molar-refractivity contribution in [2.45, 2.75) is 25.7 Å². The summed E-state index contributed by atoms with van der Waals surface area (Å²) in [5.74, 6) is -0.269. The molecule has 2 unspecified atom stereocenters. The van der Waals surface area contributed by atoms with E-state index in [1.165, 1.54) is 0 Å². The Labute approximate surface area is 78.5 Å². The molecule has 0 aromatic heterocycles. The van der Waals surface area contributed by atoms with Crippen LogP contribution in [0.25, 0.3) is 0 Å². The number of carboxylic acids is 1. The zero-order chi connectivity index (χ0) is 9.68. The number of hydrogen-bond donors (Lipinski definition) is 3. The van der Waals surface area contributed by atoms with E-state index in [0.29, 0.717) is 12.6 Å². The minimum absolute atomic E-state index is 0.127. The van der Waals surface area contributed by atoms with Crippen LogP contribution in [0, 0.1) is 11.8 Å². The van der Waals surface area contributed by atoms with Gasteiger partial charge < -0.3 is 16.2 Å². The molecule has 1 aliphatic rings. The lowest BCUT2D eigenvalue weighted by molar-refractivity contribution is -0.143. The van der Waals surface area contributed by atoms with Crippen LogP contribution in [0.2, 0.25) is 0 Å². The van der Waals surface area contributed by atoms with Gasteiger partial charge in [-0.2, -0.15) is 0 Å². The van der Waals surface area contributed by atoms with Gasteiger partial charge in [0.2, 0.25) is 0 Å². The Morgan fingerprint density at radius 1 is 1.54 bits per heavy atom. The van der Waals surface area contributed by atoms with Crippen LogP contribution >= 0.6 is 0 Å². The lowest BCUT2D eigenvalue weighted by Gasteiger charge is -2.26. The van der Waals surface area contributed by atoms with Gasteiger partial charge in [0.15, 0.2) is 0 Å². The number of nitrogens with one attached hydrogen (secondary N) is 1. The Kier molecular flexibility index (Phi) is 4.18. The van der Waals surface area contributed by atoms with Gasteiger partial charge in [-0.1, -0.05) is 6.42 Å². The standard InChI is InChI=1S/C9H18N2O2/c10-6-11-5-7-2-1-3-8(4-7)9(12)13/h7-8,11H,1-6,10H2,(H,12,13). The quantitative estimate of drug-likeness (QED) is 0.555. The van der Waals surface area contributed by atoms with Crippen LogP contribution in [0.5, 0.6) is 0 Å². The smallest absolute Gasteiger partial charge is 0.306 e. The van der Waals surface area contributed by atoms with Crippen LogP contribution in [0.15, 0.2) is 0 Å². The van der Waals surface area contributed by atoms with E-state index >= 15 is 0 Å². The average Bonchev–Trinajstić information content (AvgIpc) is 2.15. The molecule has 2 atom stereocenters. The molecule has 0 aromatic carbocycles. The summed E-state index contributed by atoms with van der Waals surface area (Å²) < 4.78 is 0. The van der Waals surface area contributed by atoms with Crippen molar-refractivity contribution in [2.75, 3.05) is 13.2 Å². The average molecular weight is 186 g/mol. The highest BCUT2D eigenvalue weighted by atomic mass is 16.4. The van der Waals surface area contributed by atoms with Crippen molar-refractivity contribution in [3.63, 3.8) is 0 Å². The highest BCUT2D eigenvalue weighted by molar-refractivity contribution is 5.70. The van der Waals surface area contributed by atoms with Gasteiger partial charge in [0, 0.05) is 6.67 Å². The molecular weight excluding hydrogens is 168 g/mol. The first-order valence-corrected chi connectivity index (χ1v) is 4.87. The number of hydrogen-bond acceptors (Lipinski definition) is 3. The van der Waals surface area contributed by atoms with E-state index in [9.17, 15) is 4.79 Å². The van der Waals surface area contributed by atoms with E-state index in [-0.39, 0.29) is 5.92 Å². The van der Waals surface area contributed by atoms with Gasteiger partial charge in [-0.05, 0) is 31.7 Å². The number of rotatable bonds is 4. The summed E-state index contributed by atoms with van der Waals surface area (Å²) in [6.45, 7) is 1.34. The van der Waals surface area contributed by atoms with Crippen molar-refractivity contribution in [1.82, 2.24) is 5.32 Å². The van der Waals surface area contributed by atoms with E-state index in [4.69, 9.17) is 10.8 Å². The Bertz CT molecular complexity index is 173. The molecule has 1 fully saturated rings. The summed E-state index contributed by atoms with van der Waals surface area (Å²) in [5, 5.41) is 11.9. The first-order chi connectivity index (χ1) is 6.24. The molecule has 1 aliphatic carbocycles. The molecule has 0 bridgehead atoms. The fourth-order valence-electron chi connectivity index (χ4n) is 1.99. The van der Waals surface area contributed by atoms with Gasteiger partial charge in [-0.25, -0.2) is 0 Å². The Balaban J connectivity index is 2.29. The van der Waals surface area contributed by atoms with Gasteiger partial charge in [0.1, 0.15) is 0 Å². The molecule has 0 amide bonds. The Morgan fingerprint density at radius 2 is 2.31 bits per heavy atom. The van der Waals surface area contributed by atoms with Crippen molar-refractivity contribution < 1.29 is 9.90 Å². The minimum atomic E-state index is -0.641. The molecule has 4 heteroatoms. The fourth-order valence-corrected chi connectivity index (χ4v) is 1.99. The lowest BCUT2D eigenvalue weighted by Crippen LogP contribution is -2.32. The van der Waals surface area contributed by atoms with Crippen LogP contribution < -0.4 is 11.1 Å². The van der Waals surface area contributed by atoms with Crippen LogP contribution in [-0.2, 0) is 4.79 Å². The summed E-state index contributed by atoms with van der Waals surface area (Å²) in [4.78, 5) is 10.7. The van der Waals surface area contributed by atoms with Crippen LogP contribution in [-0.4, -0.2) is 24.3 Å². The topological polar surface area (TPSA) is 75.3 Å². The predicted octanol–water partition coefficient (Wildman–Crippen LogP) is 0.383. The molecule has 4 nitrogen and oxygen atoms in total. The highest BCUT2D eigenvalue weighted by Crippen LogP contribution is 2.28. The molecule has 1 saturated carbocycles. The zero-order valence-corrected chi connectivity index (χ0v) is 7.83. The third-order valence-electron chi connectivity index (χ3n) is 2.71. The van der Waals surface area contributed by atoms with Gasteiger partial charge in [0.05, 0.1) is 5.92 Å². The molecule has 0 aromatic rings. The van der Waals surface area contributed by atoms with E-state index in [1.54, 1.807) is 0 Å². The molecule has 0 aliphatic heterocycles. The maximum absolute atomic E-state index is 10.7. The monoisotopic (exact) mass is 186 g/mol. The summed E-state index contributed by atoms with van der Waals surface area (Å²) in [6.07, 6.45) is 3.82. The Morgan fingerprint density at radius 3 is 2.92 bits per heavy atom. The first kappa shape index (κ1) is 10.5. The van der Waals surface area contributed by atoms with Gasteiger partial charge in [-0.15, -0.1) is 0 Å². The maximum atomic E-state index is 10.7. The number of carboxylic acid groups (broad SMARTS) is 1. The van der Waals surface area contributed by atoms with Gasteiger partial charge in [0.25, 0.3) is 0 Å². The third kappa shape index (κ3) is 3.32. The van der Waals surface area contributed by atoms with E-state index in [1.807, 2.05) is 0 Å². The van der Waals surface area contributed by atoms with Crippen molar-refractivity contribution in [2.24, 2.45) is 17.6 Å². The highest BCUT2D eigenvalue weighted by Gasteiger charge is 2.26. The summed E-state index contributed by atoms with van der Waals surface area (Å²) >= 11 is 0. The maximum Gasteiger partial charge on any atom is 0.306 e. The molecule has 0 radical (unpaired) electrons. The molecule has 0 spiro atoms.